The van der Waals surface area contributed by atoms with E-state index < -0.39 is 25.6 Å². The average molecular weight is 1630 g/mol. The van der Waals surface area contributed by atoms with Crippen molar-refractivity contribution in [1.29, 1.82) is 0 Å². The summed E-state index contributed by atoms with van der Waals surface area (Å²) in [5.41, 5.74) is 3.13. The van der Waals surface area contributed by atoms with Crippen LogP contribution in [0.15, 0.2) is 117 Å². The molecule has 4 fully saturated rings. The number of carboxylic acid groups (broad SMARTS) is 1. The SMILES string of the molecule is CC.CC.CC.CC.CC.CC.CC.CC.CCN1CCC(Br)C1.CCN1CCC(S(=O)(=O)c2cccc(CC(=O)O)c2)C1.CCN1CCC(S(=O)(=O)c2cccc(CC(=O)OC)c2)C1.CCN1CCC(Sc2cccc(CC(=O)OC)c2)C1.CCO.CC[O-].COC(=O)Cc1cccc(S)c1.[Li+].[Na+].[OH-]. The maximum atomic E-state index is 12.7. The van der Waals surface area contributed by atoms with Crippen molar-refractivity contribution in [1.82, 2.24) is 19.6 Å². The fraction of sp³-hybridized carbons (Fsp3) is 0.646. The summed E-state index contributed by atoms with van der Waals surface area (Å²) in [5, 5.41) is 25.2. The van der Waals surface area contributed by atoms with E-state index in [1.165, 1.54) is 77.9 Å². The molecule has 26 heteroatoms. The second-order valence-electron chi connectivity index (χ2n) is 20.4. The van der Waals surface area contributed by atoms with Crippen molar-refractivity contribution in [2.24, 2.45) is 0 Å². The van der Waals surface area contributed by atoms with Gasteiger partial charge in [0.25, 0.3) is 0 Å². The van der Waals surface area contributed by atoms with Gasteiger partial charge in [0.15, 0.2) is 19.7 Å². The van der Waals surface area contributed by atoms with Crippen LogP contribution >= 0.6 is 40.3 Å². The standard InChI is InChI=1S/C15H21NO4S.C15H21NO2S.C14H19NO4S.C9H10O2S.C6H12BrN.C2H6O.C2H5O.8C2H6.Li.Na.H2O/c1-3-16-8-7-14(11-16)21(18,19)13-6-4-5-12(9-13)10-15(17)20-2;1-3-16-8-7-14(11-16)19-13-6-4-5-12(9-13)10-15(17)18-2;1-2-15-7-6-13(10-15)20(18,19)12-5-3-4-11(8-12)9-14(16)17;1-11-9(10)6-7-3-2-4-8(12)5-7;1-2-8-4-3-6(7)5-8;2*1-2-3;8*1-2;;;/h4-6,9,14H,3,7-8,10-11H2,1-2H3;4-6,9,14H,3,7-8,10-11H2,1-2H3;3-5,8,13H,2,6-7,9-10H2,1H3,(H,16,17);2-5,12H,6H2,1H3;6H,2-5H2,1H3;3H,2H2,1H3;2H2,1H3;8*1-2H3;;;1H2/q;;;;;;-1;;;;;;;;;2*+1;/p-1. The van der Waals surface area contributed by atoms with Crippen LogP contribution in [0.2, 0.25) is 0 Å². The number of aliphatic hydroxyl groups is 1. The van der Waals surface area contributed by atoms with E-state index in [9.17, 15) is 36.0 Å². The predicted octanol–water partition coefficient (Wildman–Crippen LogP) is 9.61. The van der Waals surface area contributed by atoms with Crippen molar-refractivity contribution in [3.05, 3.63) is 119 Å². The third-order valence-corrected chi connectivity index (χ3v) is 20.8. The molecule has 4 unspecified atom stereocenters. The van der Waals surface area contributed by atoms with Gasteiger partial charge in [0.05, 0.1) is 67.3 Å². The van der Waals surface area contributed by atoms with Gasteiger partial charge in [-0.15, -0.1) is 31.0 Å². The Labute approximate surface area is 693 Å². The average Bonchev–Trinajstić information content (AvgIpc) is 1.77. The molecule has 4 heterocycles. The van der Waals surface area contributed by atoms with Crippen LogP contribution in [0.5, 0.6) is 0 Å². The number of sulfone groups is 2. The minimum atomic E-state index is -3.37. The first kappa shape index (κ1) is 123. The normalized spacial score (nSPS) is 15.6. The Morgan fingerprint density at radius 1 is 0.495 bits per heavy atom. The number of esters is 3. The summed E-state index contributed by atoms with van der Waals surface area (Å²) < 4.78 is 64.3. The molecule has 4 aliphatic heterocycles. The molecule has 19 nitrogen and oxygen atoms in total. The van der Waals surface area contributed by atoms with E-state index >= 15 is 0 Å². The number of hydrogen-bond acceptors (Lipinski definition) is 20. The fourth-order valence-electron chi connectivity index (χ4n) is 9.46. The first-order chi connectivity index (χ1) is 49.0. The number of aliphatic hydroxyl groups excluding tert-OH is 1. The second-order valence-corrected chi connectivity index (χ2v) is 28.1. The molecule has 0 aromatic heterocycles. The van der Waals surface area contributed by atoms with Crippen LogP contribution in [0.4, 0.5) is 0 Å². The van der Waals surface area contributed by atoms with Crippen molar-refractivity contribution in [3.63, 3.8) is 0 Å². The van der Waals surface area contributed by atoms with Crippen LogP contribution in [0.1, 0.15) is 200 Å². The number of methoxy groups -OCH3 is 3. The summed E-state index contributed by atoms with van der Waals surface area (Å²) >= 11 is 9.66. The van der Waals surface area contributed by atoms with Crippen molar-refractivity contribution < 1.29 is 119 Å². The Morgan fingerprint density at radius 2 is 0.790 bits per heavy atom. The summed E-state index contributed by atoms with van der Waals surface area (Å²) in [6.45, 7) is 55.7. The summed E-state index contributed by atoms with van der Waals surface area (Å²) in [4.78, 5) is 56.7. The number of hydrogen-bond donors (Lipinski definition) is 3. The number of nitrogens with zero attached hydrogens (tertiary/aromatic N) is 4. The molecule has 105 heavy (non-hydrogen) atoms. The number of thiol groups is 1. The zero-order valence-electron chi connectivity index (χ0n) is 70.2. The van der Waals surface area contributed by atoms with Crippen LogP contribution < -0.4 is 53.5 Å². The summed E-state index contributed by atoms with van der Waals surface area (Å²) in [6.07, 6.45) is 4.48. The molecule has 3 N–H and O–H groups in total. The van der Waals surface area contributed by atoms with Gasteiger partial charge in [0.1, 0.15) is 0 Å². The maximum Gasteiger partial charge on any atom is 1.00 e. The number of aliphatic carboxylic acids is 1. The molecule has 8 rings (SSSR count). The monoisotopic (exact) mass is 1620 g/mol. The number of benzene rings is 4. The first-order valence-electron chi connectivity index (χ1n) is 37.3. The number of carboxylic acids is 1. The number of rotatable bonds is 18. The van der Waals surface area contributed by atoms with Crippen LogP contribution in [-0.4, -0.2) is 210 Å². The van der Waals surface area contributed by atoms with Crippen LogP contribution in [0.3, 0.4) is 0 Å². The Balaban J connectivity index is -0.000000127. The van der Waals surface area contributed by atoms with E-state index in [1.807, 2.05) is 173 Å². The van der Waals surface area contributed by atoms with E-state index in [-0.39, 0.29) is 113 Å². The Morgan fingerprint density at radius 3 is 1.09 bits per heavy atom. The van der Waals surface area contributed by atoms with Gasteiger partial charge in [0, 0.05) is 52.7 Å². The molecule has 0 spiro atoms. The van der Waals surface area contributed by atoms with Gasteiger partial charge >= 0.3 is 72.3 Å². The quantitative estimate of drug-likeness (QED) is 0.0275. The molecule has 4 aliphatic rings. The molecule has 4 aromatic rings. The Bertz CT molecular complexity index is 2890. The first-order valence-corrected chi connectivity index (χ1v) is 42.7. The molecule has 0 aliphatic carbocycles. The van der Waals surface area contributed by atoms with Gasteiger partial charge in [0.2, 0.25) is 0 Å². The third-order valence-electron chi connectivity index (χ3n) is 14.2. The van der Waals surface area contributed by atoms with Crippen molar-refractivity contribution >= 4 is 83.9 Å². The third kappa shape index (κ3) is 57.8. The van der Waals surface area contributed by atoms with Crippen LogP contribution in [-0.2, 0) is 78.7 Å². The Kier molecular flexibility index (Phi) is 96.3. The zero-order chi connectivity index (χ0) is 80.2. The number of likely N-dealkylation sites (tertiary alicyclic amines) is 4. The molecule has 0 saturated carbocycles. The molecule has 4 atom stereocenters. The molecule has 0 amide bonds. The van der Waals surface area contributed by atoms with Gasteiger partial charge < -0.3 is 54.6 Å². The van der Waals surface area contributed by atoms with Crippen LogP contribution in [0.25, 0.3) is 0 Å². The minimum Gasteiger partial charge on any atom is -0.870 e. The van der Waals surface area contributed by atoms with Gasteiger partial charge in [-0.3, -0.25) is 19.2 Å². The predicted molar refractivity (Wildman–Crippen MR) is 439 cm³/mol. The largest absolute Gasteiger partial charge is 1.00 e. The van der Waals surface area contributed by atoms with Crippen molar-refractivity contribution in [2.45, 2.75) is 244 Å². The number of ether oxygens (including phenoxy) is 3. The molecule has 4 saturated heterocycles. The smallest absolute Gasteiger partial charge is 0.870 e. The number of carbonyl (C=O) groups excluding carboxylic acids is 3. The van der Waals surface area contributed by atoms with Crippen molar-refractivity contribution in [2.75, 3.05) is 113 Å². The number of thioether (sulfide) groups is 1. The molecule has 4 aromatic carbocycles. The topological polar surface area (TPSA) is 271 Å². The molecule has 0 bridgehead atoms. The van der Waals surface area contributed by atoms with E-state index in [0.717, 1.165) is 53.6 Å². The number of halogens is 1. The van der Waals surface area contributed by atoms with E-state index in [2.05, 4.69) is 83.6 Å². The fourth-order valence-corrected chi connectivity index (χ4v) is 15.2. The molecular formula is C79H143BrLiN4NaO15S4. The summed E-state index contributed by atoms with van der Waals surface area (Å²) in [6, 6.07) is 28.6. The summed E-state index contributed by atoms with van der Waals surface area (Å²) in [5.74, 6) is -1.74. The van der Waals surface area contributed by atoms with E-state index in [1.54, 1.807) is 56.3 Å². The van der Waals surface area contributed by atoms with E-state index in [0.29, 0.717) is 60.0 Å². The number of carbonyl (C=O) groups is 4. The second kappa shape index (κ2) is 82.1. The zero-order valence-corrected chi connectivity index (χ0v) is 77.1. The minimum absolute atomic E-state index is 0. The van der Waals surface area contributed by atoms with Gasteiger partial charge in [-0.2, -0.15) is 0 Å². The summed E-state index contributed by atoms with van der Waals surface area (Å²) in [7, 11) is -2.58. The van der Waals surface area contributed by atoms with Crippen molar-refractivity contribution in [3.8, 4) is 0 Å². The van der Waals surface area contributed by atoms with Gasteiger partial charge in [-0.05, 0) is 156 Å². The molecular weight excluding hydrogens is 1480 g/mol. The van der Waals surface area contributed by atoms with Gasteiger partial charge in [-0.25, -0.2) is 16.8 Å². The maximum absolute atomic E-state index is 12.7. The Hall–Kier alpha value is -2.84. The number of alkyl halides is 1. The van der Waals surface area contributed by atoms with E-state index in [4.69, 9.17) is 20.1 Å². The molecule has 602 valence electrons. The van der Waals surface area contributed by atoms with Gasteiger partial charge in [-0.1, -0.05) is 210 Å². The molecule has 0 radical (unpaired) electrons. The van der Waals surface area contributed by atoms with Crippen LogP contribution in [0, 0.1) is 0 Å².